The van der Waals surface area contributed by atoms with Gasteiger partial charge >= 0.3 is 0 Å². The number of aromatic nitrogens is 3. The molecule has 24 heavy (non-hydrogen) atoms. The molecule has 1 saturated heterocycles. The Kier molecular flexibility index (Phi) is 3.99. The Morgan fingerprint density at radius 3 is 3.04 bits per heavy atom. The predicted molar refractivity (Wildman–Crippen MR) is 92.7 cm³/mol. The number of rotatable bonds is 3. The first-order chi connectivity index (χ1) is 11.8. The summed E-state index contributed by atoms with van der Waals surface area (Å²) in [6.07, 6.45) is 10.4. The minimum Gasteiger partial charge on any atom is -0.346 e. The maximum Gasteiger partial charge on any atom is 0.253 e. The molecule has 1 atom stereocenters. The van der Waals surface area contributed by atoms with Gasteiger partial charge in [-0.2, -0.15) is 0 Å². The summed E-state index contributed by atoms with van der Waals surface area (Å²) in [5.41, 5.74) is 2.89. The fourth-order valence-electron chi connectivity index (χ4n) is 3.52. The fourth-order valence-corrected chi connectivity index (χ4v) is 3.52. The lowest BCUT2D eigenvalue weighted by molar-refractivity contribution is 0.0673. The Balaban J connectivity index is 1.45. The van der Waals surface area contributed by atoms with Crippen molar-refractivity contribution in [2.75, 3.05) is 13.1 Å². The van der Waals surface area contributed by atoms with Crippen molar-refractivity contribution < 1.29 is 4.79 Å². The van der Waals surface area contributed by atoms with Gasteiger partial charge in [-0.05, 0) is 55.0 Å². The molecule has 122 valence electrons. The number of amides is 1. The fraction of sp³-hybridized carbons (Fsp3) is 0.316. The predicted octanol–water partition coefficient (Wildman–Crippen LogP) is 3.05. The van der Waals surface area contributed by atoms with Crippen molar-refractivity contribution in [2.24, 2.45) is 5.92 Å². The summed E-state index contributed by atoms with van der Waals surface area (Å²) in [7, 11) is 0. The van der Waals surface area contributed by atoms with Crippen LogP contribution < -0.4 is 0 Å². The molecule has 5 nitrogen and oxygen atoms in total. The molecule has 1 amide bonds. The van der Waals surface area contributed by atoms with Crippen LogP contribution in [0.1, 0.15) is 28.8 Å². The molecule has 0 aliphatic carbocycles. The summed E-state index contributed by atoms with van der Waals surface area (Å²) in [6.45, 7) is 1.65. The van der Waals surface area contributed by atoms with Crippen LogP contribution in [-0.4, -0.2) is 38.8 Å². The summed E-state index contributed by atoms with van der Waals surface area (Å²) in [6, 6.07) is 7.82. The minimum atomic E-state index is 0.112. The third-order valence-electron chi connectivity index (χ3n) is 4.71. The van der Waals surface area contributed by atoms with Gasteiger partial charge in [-0.25, -0.2) is 4.98 Å². The molecule has 0 saturated carbocycles. The second kappa shape index (κ2) is 6.43. The van der Waals surface area contributed by atoms with Crippen LogP contribution in [0, 0.1) is 5.92 Å². The highest BCUT2D eigenvalue weighted by atomic mass is 16.2. The minimum absolute atomic E-state index is 0.112. The summed E-state index contributed by atoms with van der Waals surface area (Å²) in [5.74, 6) is 0.601. The van der Waals surface area contributed by atoms with E-state index in [1.165, 1.54) is 5.56 Å². The number of nitrogens with zero attached hydrogens (tertiary/aromatic N) is 3. The number of hydrogen-bond donors (Lipinski definition) is 1. The van der Waals surface area contributed by atoms with Crippen molar-refractivity contribution in [1.82, 2.24) is 19.9 Å². The smallest absolute Gasteiger partial charge is 0.253 e. The first-order valence-corrected chi connectivity index (χ1v) is 8.41. The zero-order valence-corrected chi connectivity index (χ0v) is 13.5. The van der Waals surface area contributed by atoms with Crippen molar-refractivity contribution in [3.63, 3.8) is 0 Å². The molecule has 3 aromatic rings. The number of carbonyl (C=O) groups excluding carboxylic acids is 1. The van der Waals surface area contributed by atoms with Gasteiger partial charge in [0.05, 0.1) is 0 Å². The van der Waals surface area contributed by atoms with E-state index in [2.05, 4.69) is 21.0 Å². The molecule has 3 aromatic heterocycles. The molecule has 1 unspecified atom stereocenters. The van der Waals surface area contributed by atoms with E-state index in [0.29, 0.717) is 5.92 Å². The van der Waals surface area contributed by atoms with E-state index < -0.39 is 0 Å². The first-order valence-electron chi connectivity index (χ1n) is 8.41. The van der Waals surface area contributed by atoms with Gasteiger partial charge in [0, 0.05) is 48.8 Å². The number of piperidine rings is 1. The Labute approximate surface area is 140 Å². The van der Waals surface area contributed by atoms with Gasteiger partial charge in [0.2, 0.25) is 0 Å². The molecule has 1 aliphatic heterocycles. The standard InChI is InChI=1S/C19H20N4O/c24-19(16-3-6-20-7-4-16)23-9-1-2-14(13-23)10-15-11-17-5-8-21-18(17)22-12-15/h3-8,11-12,14H,1-2,9-10,13H2,(H,21,22). The third-order valence-corrected chi connectivity index (χ3v) is 4.71. The van der Waals surface area contributed by atoms with Crippen LogP contribution in [0.4, 0.5) is 0 Å². The van der Waals surface area contributed by atoms with Crippen molar-refractivity contribution in [3.8, 4) is 0 Å². The molecule has 0 aromatic carbocycles. The van der Waals surface area contributed by atoms with Crippen LogP contribution in [-0.2, 0) is 6.42 Å². The zero-order chi connectivity index (χ0) is 16.4. The van der Waals surface area contributed by atoms with Crippen molar-refractivity contribution in [3.05, 3.63) is 60.2 Å². The average molecular weight is 320 g/mol. The van der Waals surface area contributed by atoms with E-state index in [4.69, 9.17) is 0 Å². The van der Waals surface area contributed by atoms with Crippen LogP contribution >= 0.6 is 0 Å². The third kappa shape index (κ3) is 3.02. The molecular weight excluding hydrogens is 300 g/mol. The van der Waals surface area contributed by atoms with Crippen LogP contribution in [0.25, 0.3) is 11.0 Å². The Morgan fingerprint density at radius 2 is 2.17 bits per heavy atom. The molecule has 5 heteroatoms. The molecule has 1 N–H and O–H groups in total. The normalized spacial score (nSPS) is 18.0. The van der Waals surface area contributed by atoms with Gasteiger partial charge in [0.15, 0.2) is 0 Å². The van der Waals surface area contributed by atoms with Crippen LogP contribution in [0.15, 0.2) is 49.1 Å². The number of pyridine rings is 2. The van der Waals surface area contributed by atoms with Crippen LogP contribution in [0.3, 0.4) is 0 Å². The number of hydrogen-bond acceptors (Lipinski definition) is 3. The highest BCUT2D eigenvalue weighted by molar-refractivity contribution is 5.94. The first kappa shape index (κ1) is 14.9. The number of aromatic amines is 1. The molecule has 0 radical (unpaired) electrons. The lowest BCUT2D eigenvalue weighted by Crippen LogP contribution is -2.40. The second-order valence-electron chi connectivity index (χ2n) is 6.46. The van der Waals surface area contributed by atoms with Crippen molar-refractivity contribution >= 4 is 16.9 Å². The number of likely N-dealkylation sites (tertiary alicyclic amines) is 1. The molecular formula is C19H20N4O. The summed E-state index contributed by atoms with van der Waals surface area (Å²) < 4.78 is 0. The van der Waals surface area contributed by atoms with E-state index >= 15 is 0 Å². The van der Waals surface area contributed by atoms with Gasteiger partial charge in [0.1, 0.15) is 5.65 Å². The second-order valence-corrected chi connectivity index (χ2v) is 6.46. The monoisotopic (exact) mass is 320 g/mol. The van der Waals surface area contributed by atoms with Crippen molar-refractivity contribution in [2.45, 2.75) is 19.3 Å². The summed E-state index contributed by atoms with van der Waals surface area (Å²) in [5, 5.41) is 1.15. The lowest BCUT2D eigenvalue weighted by atomic mass is 9.91. The quantitative estimate of drug-likeness (QED) is 0.807. The highest BCUT2D eigenvalue weighted by Crippen LogP contribution is 2.23. The molecule has 4 rings (SSSR count). The SMILES string of the molecule is O=C(c1ccncc1)N1CCCC(Cc2cnc3[nH]ccc3c2)C1. The Morgan fingerprint density at radius 1 is 1.29 bits per heavy atom. The number of H-pyrrole nitrogens is 1. The number of fused-ring (bicyclic) bond motifs is 1. The van der Waals surface area contributed by atoms with Crippen LogP contribution in [0.5, 0.6) is 0 Å². The molecule has 0 bridgehead atoms. The Bertz CT molecular complexity index is 843. The van der Waals surface area contributed by atoms with E-state index in [-0.39, 0.29) is 5.91 Å². The zero-order valence-electron chi connectivity index (χ0n) is 13.5. The maximum absolute atomic E-state index is 12.6. The van der Waals surface area contributed by atoms with Gasteiger partial charge in [-0.3, -0.25) is 9.78 Å². The van der Waals surface area contributed by atoms with Crippen LogP contribution in [0.2, 0.25) is 0 Å². The number of nitrogens with one attached hydrogen (secondary N) is 1. The maximum atomic E-state index is 12.6. The largest absolute Gasteiger partial charge is 0.346 e. The van der Waals surface area contributed by atoms with Gasteiger partial charge in [0.25, 0.3) is 5.91 Å². The average Bonchev–Trinajstić information content (AvgIpc) is 3.10. The van der Waals surface area contributed by atoms with Crippen molar-refractivity contribution in [1.29, 1.82) is 0 Å². The summed E-state index contributed by atoms with van der Waals surface area (Å²) in [4.78, 5) is 26.2. The number of carbonyl (C=O) groups is 1. The van der Waals surface area contributed by atoms with E-state index in [1.807, 2.05) is 23.4 Å². The van der Waals surface area contributed by atoms with E-state index in [0.717, 1.165) is 48.9 Å². The molecule has 4 heterocycles. The molecule has 1 aliphatic rings. The van der Waals surface area contributed by atoms with E-state index in [1.54, 1.807) is 24.5 Å². The van der Waals surface area contributed by atoms with Gasteiger partial charge in [-0.1, -0.05) is 0 Å². The topological polar surface area (TPSA) is 61.9 Å². The van der Waals surface area contributed by atoms with Gasteiger partial charge in [-0.15, -0.1) is 0 Å². The van der Waals surface area contributed by atoms with Gasteiger partial charge < -0.3 is 9.88 Å². The molecule has 0 spiro atoms. The highest BCUT2D eigenvalue weighted by Gasteiger charge is 2.24. The molecule has 1 fully saturated rings. The lowest BCUT2D eigenvalue weighted by Gasteiger charge is -2.33. The Hall–Kier alpha value is -2.69. The van der Waals surface area contributed by atoms with E-state index in [9.17, 15) is 4.79 Å². The summed E-state index contributed by atoms with van der Waals surface area (Å²) >= 11 is 0.